The van der Waals surface area contributed by atoms with Crippen LogP contribution in [0.2, 0.25) is 0 Å². The van der Waals surface area contributed by atoms with Gasteiger partial charge in [0.2, 0.25) is 0 Å². The Bertz CT molecular complexity index is 846. The van der Waals surface area contributed by atoms with Crippen molar-refractivity contribution in [1.29, 1.82) is 0 Å². The van der Waals surface area contributed by atoms with Crippen LogP contribution in [0.3, 0.4) is 0 Å². The summed E-state index contributed by atoms with van der Waals surface area (Å²) in [5.74, 6) is 0.832. The molecule has 0 fully saturated rings. The quantitative estimate of drug-likeness (QED) is 0.590. The number of fused-ring (bicyclic) bond motifs is 1. The molecule has 0 saturated carbocycles. The molecule has 5 heteroatoms. The Kier molecular flexibility index (Phi) is 5.89. The highest BCUT2D eigenvalue weighted by atomic mass is 19.3. The summed E-state index contributed by atoms with van der Waals surface area (Å²) >= 11 is 0. The van der Waals surface area contributed by atoms with Crippen molar-refractivity contribution in [2.45, 2.75) is 19.5 Å². The minimum atomic E-state index is -2.31. The average Bonchev–Trinajstić information content (AvgIpc) is 2.95. The van der Waals surface area contributed by atoms with Gasteiger partial charge >= 0.3 is 0 Å². The van der Waals surface area contributed by atoms with Gasteiger partial charge in [0.25, 0.3) is 6.43 Å². The van der Waals surface area contributed by atoms with Crippen LogP contribution in [0.1, 0.15) is 11.1 Å². The second-order valence-corrected chi connectivity index (χ2v) is 6.59. The average molecular weight is 358 g/mol. The van der Waals surface area contributed by atoms with E-state index in [0.29, 0.717) is 19.6 Å². The molecule has 0 radical (unpaired) electrons. The normalized spacial score (nSPS) is 11.6. The summed E-state index contributed by atoms with van der Waals surface area (Å²) < 4.78 is 33.2. The summed E-state index contributed by atoms with van der Waals surface area (Å²) in [6.45, 7) is 0.873. The molecule has 1 heterocycles. The van der Waals surface area contributed by atoms with Crippen molar-refractivity contribution in [3.05, 3.63) is 65.9 Å². The van der Waals surface area contributed by atoms with E-state index in [4.69, 9.17) is 4.74 Å². The summed E-state index contributed by atoms with van der Waals surface area (Å²) in [6, 6.07) is 16.0. The van der Waals surface area contributed by atoms with E-state index in [1.165, 1.54) is 0 Å². The number of benzene rings is 2. The zero-order valence-corrected chi connectivity index (χ0v) is 15.2. The molecule has 26 heavy (non-hydrogen) atoms. The number of aryl methyl sites for hydroxylation is 1. The largest absolute Gasteiger partial charge is 0.488 e. The van der Waals surface area contributed by atoms with Crippen LogP contribution in [0.5, 0.6) is 5.75 Å². The van der Waals surface area contributed by atoms with Crippen LogP contribution in [-0.2, 0) is 20.1 Å². The van der Waals surface area contributed by atoms with Crippen LogP contribution in [0.25, 0.3) is 10.9 Å². The van der Waals surface area contributed by atoms with Crippen molar-refractivity contribution < 1.29 is 13.5 Å². The highest BCUT2D eigenvalue weighted by molar-refractivity contribution is 5.90. The second kappa shape index (κ2) is 8.32. The summed E-state index contributed by atoms with van der Waals surface area (Å²) in [4.78, 5) is 1.66. The lowest BCUT2D eigenvalue weighted by Crippen LogP contribution is -2.26. The van der Waals surface area contributed by atoms with E-state index in [1.807, 2.05) is 49.5 Å². The maximum Gasteiger partial charge on any atom is 0.251 e. The molecule has 0 spiro atoms. The number of likely N-dealkylation sites (N-methyl/N-ethyl adjacent to an activating group) is 1. The fourth-order valence-electron chi connectivity index (χ4n) is 3.19. The zero-order chi connectivity index (χ0) is 18.5. The number of alkyl halides is 2. The van der Waals surface area contributed by atoms with Gasteiger partial charge in [-0.25, -0.2) is 8.78 Å². The van der Waals surface area contributed by atoms with Crippen LogP contribution < -0.4 is 4.74 Å². The number of halogens is 2. The van der Waals surface area contributed by atoms with Gasteiger partial charge in [-0.3, -0.25) is 0 Å². The minimum absolute atomic E-state index is 0.206. The van der Waals surface area contributed by atoms with Gasteiger partial charge in [0.05, 0.1) is 12.1 Å². The molecule has 138 valence electrons. The molecule has 0 unspecified atom stereocenters. The fourth-order valence-corrected chi connectivity index (χ4v) is 3.19. The molecule has 3 rings (SSSR count). The number of aromatic nitrogens is 1. The molecule has 0 amide bonds. The highest BCUT2D eigenvalue weighted by Gasteiger charge is 2.14. The van der Waals surface area contributed by atoms with Crippen molar-refractivity contribution in [2.24, 2.45) is 7.05 Å². The lowest BCUT2D eigenvalue weighted by atomic mass is 10.1. The monoisotopic (exact) mass is 358 g/mol. The van der Waals surface area contributed by atoms with E-state index in [0.717, 1.165) is 27.8 Å². The van der Waals surface area contributed by atoms with Gasteiger partial charge in [-0.15, -0.1) is 0 Å². The summed E-state index contributed by atoms with van der Waals surface area (Å²) in [5, 5.41) is 1.07. The van der Waals surface area contributed by atoms with Crippen molar-refractivity contribution >= 4 is 10.9 Å². The first-order valence-electron chi connectivity index (χ1n) is 8.75. The number of hydrogen-bond acceptors (Lipinski definition) is 2. The number of hydrogen-bond donors (Lipinski definition) is 0. The minimum Gasteiger partial charge on any atom is -0.488 e. The van der Waals surface area contributed by atoms with Gasteiger partial charge in [-0.1, -0.05) is 36.4 Å². The van der Waals surface area contributed by atoms with E-state index < -0.39 is 6.43 Å². The van der Waals surface area contributed by atoms with Gasteiger partial charge < -0.3 is 14.2 Å². The predicted molar refractivity (Wildman–Crippen MR) is 101 cm³/mol. The SMILES string of the molecule is CN(CCc1cn(C)c2cccc(OCc3ccccc3)c12)CC(F)F. The van der Waals surface area contributed by atoms with Crippen LogP contribution in [0.15, 0.2) is 54.7 Å². The van der Waals surface area contributed by atoms with Gasteiger partial charge in [-0.2, -0.15) is 0 Å². The maximum absolute atomic E-state index is 12.5. The first-order valence-corrected chi connectivity index (χ1v) is 8.75. The predicted octanol–water partition coefficient (Wildman–Crippen LogP) is 4.50. The summed E-state index contributed by atoms with van der Waals surface area (Å²) in [5.41, 5.74) is 3.31. The third-order valence-electron chi connectivity index (χ3n) is 4.50. The molecular weight excluding hydrogens is 334 g/mol. The van der Waals surface area contributed by atoms with Gasteiger partial charge in [0, 0.05) is 25.2 Å². The third-order valence-corrected chi connectivity index (χ3v) is 4.50. The van der Waals surface area contributed by atoms with Gasteiger partial charge in [-0.05, 0) is 36.7 Å². The Morgan fingerprint density at radius 2 is 1.85 bits per heavy atom. The Labute approximate surface area is 152 Å². The smallest absolute Gasteiger partial charge is 0.251 e. The molecular formula is C21H24F2N2O. The first-order chi connectivity index (χ1) is 12.5. The van der Waals surface area contributed by atoms with Crippen LogP contribution >= 0.6 is 0 Å². The summed E-state index contributed by atoms with van der Waals surface area (Å²) in [7, 11) is 3.72. The second-order valence-electron chi connectivity index (χ2n) is 6.59. The molecule has 0 bridgehead atoms. The topological polar surface area (TPSA) is 17.4 Å². The molecule has 0 aliphatic rings. The van der Waals surface area contributed by atoms with Crippen molar-refractivity contribution in [3.8, 4) is 5.75 Å². The lowest BCUT2D eigenvalue weighted by Gasteiger charge is -2.15. The molecule has 3 aromatic rings. The molecule has 0 saturated heterocycles. The first kappa shape index (κ1) is 18.4. The molecule has 0 N–H and O–H groups in total. The van der Waals surface area contributed by atoms with E-state index >= 15 is 0 Å². The van der Waals surface area contributed by atoms with Gasteiger partial charge in [0.1, 0.15) is 12.4 Å². The summed E-state index contributed by atoms with van der Waals surface area (Å²) in [6.07, 6.45) is 0.458. The van der Waals surface area contributed by atoms with E-state index in [9.17, 15) is 8.78 Å². The van der Waals surface area contributed by atoms with Crippen LogP contribution in [0, 0.1) is 0 Å². The molecule has 2 aromatic carbocycles. The van der Waals surface area contributed by atoms with E-state index in [1.54, 1.807) is 11.9 Å². The fraction of sp³-hybridized carbons (Fsp3) is 0.333. The Morgan fingerprint density at radius 1 is 1.08 bits per heavy atom. The van der Waals surface area contributed by atoms with Crippen LogP contribution in [0.4, 0.5) is 8.78 Å². The third kappa shape index (κ3) is 4.41. The molecule has 1 aromatic heterocycles. The Hall–Kier alpha value is -2.40. The van der Waals surface area contributed by atoms with Crippen LogP contribution in [-0.4, -0.2) is 36.0 Å². The number of ether oxygens (including phenoxy) is 1. The van der Waals surface area contributed by atoms with E-state index in [2.05, 4.69) is 16.8 Å². The molecule has 0 aliphatic heterocycles. The van der Waals surface area contributed by atoms with Gasteiger partial charge in [0.15, 0.2) is 0 Å². The molecule has 3 nitrogen and oxygen atoms in total. The standard InChI is InChI=1S/C21H24F2N2O/c1-24(14-20(22)23)12-11-17-13-25(2)18-9-6-10-19(21(17)18)26-15-16-7-4-3-5-8-16/h3-10,13,20H,11-12,14-15H2,1-2H3. The molecule has 0 atom stereocenters. The van der Waals surface area contributed by atoms with Crippen molar-refractivity contribution in [3.63, 3.8) is 0 Å². The molecule has 0 aliphatic carbocycles. The zero-order valence-electron chi connectivity index (χ0n) is 15.2. The van der Waals surface area contributed by atoms with E-state index in [-0.39, 0.29) is 6.54 Å². The Balaban J connectivity index is 1.80. The lowest BCUT2D eigenvalue weighted by molar-refractivity contribution is 0.101. The van der Waals surface area contributed by atoms with Crippen molar-refractivity contribution in [2.75, 3.05) is 20.1 Å². The van der Waals surface area contributed by atoms with Crippen molar-refractivity contribution in [1.82, 2.24) is 9.47 Å². The maximum atomic E-state index is 12.5. The number of nitrogens with zero attached hydrogens (tertiary/aromatic N) is 2. The Morgan fingerprint density at radius 3 is 2.58 bits per heavy atom. The highest BCUT2D eigenvalue weighted by Crippen LogP contribution is 2.31. The number of rotatable bonds is 8.